The van der Waals surface area contributed by atoms with Crippen molar-refractivity contribution in [1.29, 1.82) is 0 Å². The Hall–Kier alpha value is -1.22. The molecular weight excluding hydrogens is 192 g/mol. The van der Waals surface area contributed by atoms with Gasteiger partial charge in [0.15, 0.2) is 0 Å². The number of ether oxygens (including phenoxy) is 2. The van der Waals surface area contributed by atoms with E-state index in [0.29, 0.717) is 0 Å². The van der Waals surface area contributed by atoms with Crippen molar-refractivity contribution in [3.8, 4) is 11.5 Å². The number of aliphatic hydroxyl groups excluding tert-OH is 1. The van der Waals surface area contributed by atoms with Crippen molar-refractivity contribution in [2.24, 2.45) is 0 Å². The minimum atomic E-state index is -0.323. The molecule has 2 rings (SSSR count). The zero-order chi connectivity index (χ0) is 10.7. The lowest BCUT2D eigenvalue weighted by molar-refractivity contribution is 0.0602. The molecule has 0 saturated heterocycles. The Morgan fingerprint density at radius 3 is 2.73 bits per heavy atom. The fourth-order valence-electron chi connectivity index (χ4n) is 1.89. The molecule has 3 heteroatoms. The van der Waals surface area contributed by atoms with E-state index in [2.05, 4.69) is 0 Å². The van der Waals surface area contributed by atoms with E-state index in [0.717, 1.165) is 30.8 Å². The largest absolute Gasteiger partial charge is 0.497 e. The first-order chi connectivity index (χ1) is 7.29. The van der Waals surface area contributed by atoms with Crippen LogP contribution in [-0.4, -0.2) is 24.4 Å². The number of hydrogen-bond acceptors (Lipinski definition) is 3. The van der Waals surface area contributed by atoms with Gasteiger partial charge in [0.2, 0.25) is 0 Å². The fourth-order valence-corrected chi connectivity index (χ4v) is 1.89. The van der Waals surface area contributed by atoms with Gasteiger partial charge >= 0.3 is 0 Å². The highest BCUT2D eigenvalue weighted by molar-refractivity contribution is 5.33. The van der Waals surface area contributed by atoms with E-state index in [1.807, 2.05) is 24.3 Å². The predicted molar refractivity (Wildman–Crippen MR) is 57.3 cm³/mol. The molecule has 1 aliphatic rings. The van der Waals surface area contributed by atoms with Crippen molar-refractivity contribution >= 4 is 0 Å². The highest BCUT2D eigenvalue weighted by Gasteiger charge is 2.26. The third-order valence-corrected chi connectivity index (χ3v) is 2.75. The molecule has 1 fully saturated rings. The predicted octanol–water partition coefficient (Wildman–Crippen LogP) is 1.99. The van der Waals surface area contributed by atoms with Crippen molar-refractivity contribution in [3.63, 3.8) is 0 Å². The van der Waals surface area contributed by atoms with Gasteiger partial charge in [-0.25, -0.2) is 0 Å². The van der Waals surface area contributed by atoms with Crippen molar-refractivity contribution in [1.82, 2.24) is 0 Å². The summed E-state index contributed by atoms with van der Waals surface area (Å²) in [7, 11) is 1.63. The number of methoxy groups -OCH3 is 1. The molecule has 0 unspecified atom stereocenters. The average Bonchev–Trinajstić information content (AvgIpc) is 2.65. The van der Waals surface area contributed by atoms with Crippen LogP contribution in [-0.2, 0) is 0 Å². The molecule has 0 aliphatic heterocycles. The molecule has 1 saturated carbocycles. The van der Waals surface area contributed by atoms with Crippen molar-refractivity contribution in [2.75, 3.05) is 7.11 Å². The van der Waals surface area contributed by atoms with Crippen LogP contribution in [0.5, 0.6) is 11.5 Å². The van der Waals surface area contributed by atoms with Crippen molar-refractivity contribution < 1.29 is 14.6 Å². The van der Waals surface area contributed by atoms with Gasteiger partial charge in [-0.15, -0.1) is 0 Å². The van der Waals surface area contributed by atoms with Crippen LogP contribution in [0.3, 0.4) is 0 Å². The smallest absolute Gasteiger partial charge is 0.124 e. The van der Waals surface area contributed by atoms with E-state index in [1.165, 1.54) is 0 Å². The first-order valence-corrected chi connectivity index (χ1v) is 5.28. The summed E-state index contributed by atoms with van der Waals surface area (Å²) < 4.78 is 10.8. The lowest BCUT2D eigenvalue weighted by atomic mass is 10.2. The summed E-state index contributed by atoms with van der Waals surface area (Å²) in [5, 5.41) is 9.62. The molecule has 1 aromatic rings. The second kappa shape index (κ2) is 4.53. The molecule has 0 spiro atoms. The van der Waals surface area contributed by atoms with E-state index >= 15 is 0 Å². The van der Waals surface area contributed by atoms with Crippen LogP contribution in [0.15, 0.2) is 24.3 Å². The van der Waals surface area contributed by atoms with Gasteiger partial charge in [0.1, 0.15) is 17.6 Å². The van der Waals surface area contributed by atoms with Crippen LogP contribution in [0, 0.1) is 0 Å². The Balaban J connectivity index is 2.03. The molecule has 0 amide bonds. The molecule has 0 bridgehead atoms. The van der Waals surface area contributed by atoms with E-state index in [1.54, 1.807) is 7.11 Å². The number of benzene rings is 1. The Bertz CT molecular complexity index is 324. The second-order valence-electron chi connectivity index (χ2n) is 3.83. The van der Waals surface area contributed by atoms with Crippen LogP contribution in [0.1, 0.15) is 19.3 Å². The minimum Gasteiger partial charge on any atom is -0.497 e. The summed E-state index contributed by atoms with van der Waals surface area (Å²) in [5.74, 6) is 1.54. The van der Waals surface area contributed by atoms with Crippen molar-refractivity contribution in [2.45, 2.75) is 31.5 Å². The summed E-state index contributed by atoms with van der Waals surface area (Å²) >= 11 is 0. The maximum absolute atomic E-state index is 9.62. The van der Waals surface area contributed by atoms with E-state index in [9.17, 15) is 5.11 Å². The van der Waals surface area contributed by atoms with Gasteiger partial charge < -0.3 is 14.6 Å². The third-order valence-electron chi connectivity index (χ3n) is 2.75. The van der Waals surface area contributed by atoms with Gasteiger partial charge in [-0.1, -0.05) is 6.07 Å². The lowest BCUT2D eigenvalue weighted by Crippen LogP contribution is -2.25. The first kappa shape index (κ1) is 10.3. The Labute approximate surface area is 89.6 Å². The first-order valence-electron chi connectivity index (χ1n) is 5.28. The molecule has 1 aliphatic carbocycles. The maximum atomic E-state index is 9.62. The SMILES string of the molecule is COc1cccc(O[C@H]2CCC[C@@H]2O)c1. The maximum Gasteiger partial charge on any atom is 0.124 e. The van der Waals surface area contributed by atoms with Crippen molar-refractivity contribution in [3.05, 3.63) is 24.3 Å². The zero-order valence-corrected chi connectivity index (χ0v) is 8.85. The summed E-state index contributed by atoms with van der Waals surface area (Å²) in [5.41, 5.74) is 0. The van der Waals surface area contributed by atoms with Gasteiger partial charge in [0.05, 0.1) is 13.2 Å². The molecule has 82 valence electrons. The topological polar surface area (TPSA) is 38.7 Å². The normalized spacial score (nSPS) is 25.2. The van der Waals surface area contributed by atoms with Gasteiger partial charge in [-0.05, 0) is 31.4 Å². The zero-order valence-electron chi connectivity index (χ0n) is 8.85. The molecule has 1 aromatic carbocycles. The molecule has 2 atom stereocenters. The highest BCUT2D eigenvalue weighted by atomic mass is 16.5. The van der Waals surface area contributed by atoms with Crippen LogP contribution >= 0.6 is 0 Å². The fraction of sp³-hybridized carbons (Fsp3) is 0.500. The standard InChI is InChI=1S/C12H16O3/c1-14-9-4-2-5-10(8-9)15-12-7-3-6-11(12)13/h2,4-5,8,11-13H,3,6-7H2,1H3/t11-,12-/m0/s1. The van der Waals surface area contributed by atoms with Crippen LogP contribution in [0.25, 0.3) is 0 Å². The van der Waals surface area contributed by atoms with E-state index < -0.39 is 0 Å². The van der Waals surface area contributed by atoms with Crippen LogP contribution in [0.2, 0.25) is 0 Å². The Morgan fingerprint density at radius 2 is 2.07 bits per heavy atom. The van der Waals surface area contributed by atoms with Gasteiger partial charge in [0, 0.05) is 6.07 Å². The molecule has 0 aromatic heterocycles. The summed E-state index contributed by atoms with van der Waals surface area (Å²) in [6.07, 6.45) is 2.43. The van der Waals surface area contributed by atoms with Crippen LogP contribution < -0.4 is 9.47 Å². The monoisotopic (exact) mass is 208 g/mol. The summed E-state index contributed by atoms with van der Waals surface area (Å²) in [4.78, 5) is 0. The van der Waals surface area contributed by atoms with Gasteiger partial charge in [-0.3, -0.25) is 0 Å². The average molecular weight is 208 g/mol. The Kier molecular flexibility index (Phi) is 3.11. The quantitative estimate of drug-likeness (QED) is 0.825. The number of rotatable bonds is 3. The van der Waals surface area contributed by atoms with Crippen LogP contribution in [0.4, 0.5) is 0 Å². The van der Waals surface area contributed by atoms with E-state index in [4.69, 9.17) is 9.47 Å². The van der Waals surface area contributed by atoms with Gasteiger partial charge in [-0.2, -0.15) is 0 Å². The molecule has 0 radical (unpaired) electrons. The lowest BCUT2D eigenvalue weighted by Gasteiger charge is -2.17. The molecule has 1 N–H and O–H groups in total. The summed E-state index contributed by atoms with van der Waals surface area (Å²) in [6, 6.07) is 7.48. The number of aliphatic hydroxyl groups is 1. The molecular formula is C12H16O3. The molecule has 3 nitrogen and oxygen atoms in total. The third kappa shape index (κ3) is 2.42. The minimum absolute atomic E-state index is 0.0582. The number of hydrogen-bond donors (Lipinski definition) is 1. The molecule has 0 heterocycles. The summed E-state index contributed by atoms with van der Waals surface area (Å²) in [6.45, 7) is 0. The molecule has 15 heavy (non-hydrogen) atoms. The Morgan fingerprint density at radius 1 is 1.27 bits per heavy atom. The van der Waals surface area contributed by atoms with E-state index in [-0.39, 0.29) is 12.2 Å². The van der Waals surface area contributed by atoms with Gasteiger partial charge in [0.25, 0.3) is 0 Å². The second-order valence-corrected chi connectivity index (χ2v) is 3.83. The highest BCUT2D eigenvalue weighted by Crippen LogP contribution is 2.26.